The second-order valence-corrected chi connectivity index (χ2v) is 5.20. The quantitative estimate of drug-likeness (QED) is 0.806. The third-order valence-corrected chi connectivity index (χ3v) is 3.47. The summed E-state index contributed by atoms with van der Waals surface area (Å²) in [7, 11) is 1.92. The summed E-state index contributed by atoms with van der Waals surface area (Å²) < 4.78 is 3.66. The Hall–Kier alpha value is -2.11. The summed E-state index contributed by atoms with van der Waals surface area (Å²) in [5.74, 6) is 0.903. The van der Waals surface area contributed by atoms with Gasteiger partial charge in [0.15, 0.2) is 5.82 Å². The van der Waals surface area contributed by atoms with Crippen LogP contribution in [0.1, 0.15) is 11.3 Å². The molecule has 2 heterocycles. The van der Waals surface area contributed by atoms with Gasteiger partial charge in [-0.3, -0.25) is 0 Å². The molecule has 6 heteroatoms. The fourth-order valence-electron chi connectivity index (χ4n) is 2.33. The highest BCUT2D eigenvalue weighted by Crippen LogP contribution is 2.23. The van der Waals surface area contributed by atoms with E-state index in [1.54, 1.807) is 17.1 Å². The molecule has 3 aromatic rings. The molecule has 0 aliphatic rings. The van der Waals surface area contributed by atoms with Gasteiger partial charge in [0.1, 0.15) is 0 Å². The van der Waals surface area contributed by atoms with Gasteiger partial charge >= 0.3 is 0 Å². The van der Waals surface area contributed by atoms with Gasteiger partial charge in [0.25, 0.3) is 0 Å². The van der Waals surface area contributed by atoms with Crippen LogP contribution in [-0.2, 0) is 6.54 Å². The molecule has 0 aliphatic heterocycles. The summed E-state index contributed by atoms with van der Waals surface area (Å²) in [6.07, 6.45) is 3.42. The van der Waals surface area contributed by atoms with Crippen molar-refractivity contribution in [2.45, 2.75) is 13.5 Å². The topological polar surface area (TPSA) is 47.7 Å². The molecule has 0 amide bonds. The van der Waals surface area contributed by atoms with Crippen LogP contribution in [0.25, 0.3) is 11.5 Å². The maximum absolute atomic E-state index is 6.02. The van der Waals surface area contributed by atoms with Crippen LogP contribution in [0.2, 0.25) is 5.02 Å². The van der Waals surface area contributed by atoms with Crippen molar-refractivity contribution >= 4 is 11.6 Å². The van der Waals surface area contributed by atoms with Gasteiger partial charge in [0.05, 0.1) is 28.8 Å². The molecule has 1 aromatic carbocycles. The molecule has 2 aromatic heterocycles. The first-order chi connectivity index (χ1) is 10.2. The van der Waals surface area contributed by atoms with Gasteiger partial charge in [0, 0.05) is 12.1 Å². The Morgan fingerprint density at radius 3 is 2.62 bits per heavy atom. The lowest BCUT2D eigenvalue weighted by Crippen LogP contribution is -2.12. The van der Waals surface area contributed by atoms with Gasteiger partial charge in [0.2, 0.25) is 0 Å². The molecular formula is C15H16ClN5. The highest BCUT2D eigenvalue weighted by Gasteiger charge is 2.18. The predicted octanol–water partition coefficient (Wildman–Crippen LogP) is 2.74. The molecular weight excluding hydrogens is 286 g/mol. The Kier molecular flexibility index (Phi) is 3.77. The van der Waals surface area contributed by atoms with E-state index in [0.29, 0.717) is 11.6 Å². The van der Waals surface area contributed by atoms with E-state index >= 15 is 0 Å². The molecule has 1 N–H and O–H groups in total. The van der Waals surface area contributed by atoms with Crippen LogP contribution in [0.5, 0.6) is 0 Å². The van der Waals surface area contributed by atoms with Crippen LogP contribution in [0, 0.1) is 6.92 Å². The molecule has 0 bridgehead atoms. The average molecular weight is 302 g/mol. The number of halogens is 1. The molecule has 0 saturated heterocycles. The first-order valence-corrected chi connectivity index (χ1v) is 7.07. The van der Waals surface area contributed by atoms with Crippen LogP contribution >= 0.6 is 11.6 Å². The first-order valence-electron chi connectivity index (χ1n) is 6.69. The number of aryl methyl sites for hydroxylation is 1. The molecule has 21 heavy (non-hydrogen) atoms. The minimum absolute atomic E-state index is 0.601. The Bertz CT molecular complexity index is 745. The van der Waals surface area contributed by atoms with Crippen LogP contribution in [-0.4, -0.2) is 26.6 Å². The van der Waals surface area contributed by atoms with Crippen molar-refractivity contribution in [2.75, 3.05) is 7.05 Å². The summed E-state index contributed by atoms with van der Waals surface area (Å²) in [5, 5.41) is 12.8. The second kappa shape index (κ2) is 5.71. The van der Waals surface area contributed by atoms with E-state index in [2.05, 4.69) is 15.5 Å². The molecule has 0 unspecified atom stereocenters. The van der Waals surface area contributed by atoms with E-state index in [4.69, 9.17) is 11.6 Å². The van der Waals surface area contributed by atoms with Crippen molar-refractivity contribution in [3.63, 3.8) is 0 Å². The third-order valence-electron chi connectivity index (χ3n) is 3.28. The minimum Gasteiger partial charge on any atom is -0.315 e. The molecule has 5 nitrogen and oxygen atoms in total. The molecule has 3 rings (SSSR count). The predicted molar refractivity (Wildman–Crippen MR) is 83.2 cm³/mol. The number of aromatic nitrogens is 4. The summed E-state index contributed by atoms with van der Waals surface area (Å²) in [6, 6.07) is 10.0. The number of rotatable bonds is 4. The maximum atomic E-state index is 6.02. The zero-order valence-corrected chi connectivity index (χ0v) is 12.7. The van der Waals surface area contributed by atoms with Crippen molar-refractivity contribution in [3.8, 4) is 11.5 Å². The maximum Gasteiger partial charge on any atom is 0.161 e. The van der Waals surface area contributed by atoms with E-state index in [1.807, 2.05) is 49.0 Å². The normalized spacial score (nSPS) is 11.0. The molecule has 0 fully saturated rings. The largest absolute Gasteiger partial charge is 0.315 e. The summed E-state index contributed by atoms with van der Waals surface area (Å²) in [4.78, 5) is 0. The number of hydrogen-bond donors (Lipinski definition) is 1. The highest BCUT2D eigenvalue weighted by molar-refractivity contribution is 6.30. The Morgan fingerprint density at radius 2 is 2.00 bits per heavy atom. The fourth-order valence-corrected chi connectivity index (χ4v) is 2.47. The van der Waals surface area contributed by atoms with Crippen LogP contribution in [0.15, 0.2) is 42.7 Å². The van der Waals surface area contributed by atoms with E-state index in [9.17, 15) is 0 Å². The number of nitrogens with zero attached hydrogens (tertiary/aromatic N) is 4. The summed E-state index contributed by atoms with van der Waals surface area (Å²) in [6.45, 7) is 2.71. The van der Waals surface area contributed by atoms with Crippen molar-refractivity contribution in [3.05, 3.63) is 59.0 Å². The van der Waals surface area contributed by atoms with Crippen LogP contribution in [0.3, 0.4) is 0 Å². The number of para-hydroxylation sites is 1. The molecule has 0 aliphatic carbocycles. The van der Waals surface area contributed by atoms with Gasteiger partial charge in [-0.1, -0.05) is 29.8 Å². The third kappa shape index (κ3) is 2.57. The van der Waals surface area contributed by atoms with E-state index < -0.39 is 0 Å². The van der Waals surface area contributed by atoms with Crippen LogP contribution in [0.4, 0.5) is 0 Å². The first kappa shape index (κ1) is 13.9. The molecule has 0 radical (unpaired) electrons. The average Bonchev–Trinajstić information content (AvgIpc) is 3.05. The lowest BCUT2D eigenvalue weighted by Gasteiger charge is -2.09. The van der Waals surface area contributed by atoms with Gasteiger partial charge in [-0.2, -0.15) is 10.2 Å². The fraction of sp³-hybridized carbons (Fsp3) is 0.200. The van der Waals surface area contributed by atoms with Gasteiger partial charge in [-0.25, -0.2) is 9.36 Å². The molecule has 0 spiro atoms. The Morgan fingerprint density at radius 1 is 1.24 bits per heavy atom. The lowest BCUT2D eigenvalue weighted by atomic mass is 10.2. The Labute approximate surface area is 128 Å². The van der Waals surface area contributed by atoms with Gasteiger partial charge in [-0.05, 0) is 26.1 Å². The molecule has 108 valence electrons. The van der Waals surface area contributed by atoms with Crippen molar-refractivity contribution < 1.29 is 0 Å². The van der Waals surface area contributed by atoms with E-state index in [1.165, 1.54) is 0 Å². The highest BCUT2D eigenvalue weighted by atomic mass is 35.5. The lowest BCUT2D eigenvalue weighted by molar-refractivity contribution is 0.744. The van der Waals surface area contributed by atoms with E-state index in [-0.39, 0.29) is 0 Å². The monoisotopic (exact) mass is 301 g/mol. The minimum atomic E-state index is 0.601. The number of nitrogens with one attached hydrogen (secondary N) is 1. The second-order valence-electron chi connectivity index (χ2n) is 4.77. The Balaban J connectivity index is 2.23. The van der Waals surface area contributed by atoms with Crippen molar-refractivity contribution in [1.82, 2.24) is 24.9 Å². The van der Waals surface area contributed by atoms with Crippen molar-refractivity contribution in [1.29, 1.82) is 0 Å². The summed E-state index contributed by atoms with van der Waals surface area (Å²) in [5.41, 5.74) is 3.06. The SMILES string of the molecule is CNCc1c(C)nn(-c2ccccc2)c1-n1cc(Cl)cn1. The molecule has 0 atom stereocenters. The summed E-state index contributed by atoms with van der Waals surface area (Å²) >= 11 is 6.02. The smallest absolute Gasteiger partial charge is 0.161 e. The van der Waals surface area contributed by atoms with Crippen LogP contribution < -0.4 is 5.32 Å². The standard InChI is InChI=1S/C15H16ClN5/c1-11-14(9-17-2)15(20-10-12(16)8-18-20)21(19-11)13-6-4-3-5-7-13/h3-8,10,17H,9H2,1-2H3. The van der Waals surface area contributed by atoms with E-state index in [0.717, 1.165) is 22.8 Å². The zero-order valence-electron chi connectivity index (χ0n) is 11.9. The number of benzene rings is 1. The number of hydrogen-bond acceptors (Lipinski definition) is 3. The van der Waals surface area contributed by atoms with Gasteiger partial charge < -0.3 is 5.32 Å². The van der Waals surface area contributed by atoms with Gasteiger partial charge in [-0.15, -0.1) is 0 Å². The molecule has 0 saturated carbocycles. The zero-order chi connectivity index (χ0) is 14.8. The van der Waals surface area contributed by atoms with Crippen molar-refractivity contribution in [2.24, 2.45) is 0 Å².